The third-order valence-electron chi connectivity index (χ3n) is 3.60. The average Bonchev–Trinajstić information content (AvgIpc) is 2.47. The summed E-state index contributed by atoms with van der Waals surface area (Å²) in [6.45, 7) is 4.74. The zero-order chi connectivity index (χ0) is 14.4. The molecule has 1 N–H and O–H groups in total. The Morgan fingerprint density at radius 2 is 2.15 bits per heavy atom. The molecule has 3 heteroatoms. The van der Waals surface area contributed by atoms with Crippen LogP contribution < -0.4 is 10.1 Å². The van der Waals surface area contributed by atoms with Gasteiger partial charge in [-0.3, -0.25) is 4.79 Å². The first kappa shape index (κ1) is 14.6. The summed E-state index contributed by atoms with van der Waals surface area (Å²) in [5.41, 5.74) is 3.54. The van der Waals surface area contributed by atoms with Crippen LogP contribution in [0.4, 0.5) is 0 Å². The molecule has 1 aliphatic rings. The molecule has 0 fully saturated rings. The maximum atomic E-state index is 11.8. The van der Waals surface area contributed by atoms with Crippen molar-refractivity contribution >= 4 is 5.91 Å². The molecule has 0 spiro atoms. The molecule has 0 aromatic heterocycles. The highest BCUT2D eigenvalue weighted by Gasteiger charge is 2.07. The molecule has 20 heavy (non-hydrogen) atoms. The molecule has 0 saturated heterocycles. The van der Waals surface area contributed by atoms with E-state index in [0.717, 1.165) is 29.7 Å². The Kier molecular flexibility index (Phi) is 5.22. The van der Waals surface area contributed by atoms with Crippen LogP contribution in [0, 0.1) is 13.8 Å². The summed E-state index contributed by atoms with van der Waals surface area (Å²) in [7, 11) is 0. The molecule has 1 aromatic carbocycles. The first-order valence-corrected chi connectivity index (χ1v) is 7.30. The first-order chi connectivity index (χ1) is 9.65. The molecule has 0 saturated carbocycles. The highest BCUT2D eigenvalue weighted by molar-refractivity contribution is 5.77. The van der Waals surface area contributed by atoms with Gasteiger partial charge in [0.1, 0.15) is 5.75 Å². The number of amides is 1. The second-order valence-corrected chi connectivity index (χ2v) is 5.44. The van der Waals surface area contributed by atoms with Crippen molar-refractivity contribution in [1.82, 2.24) is 5.32 Å². The second-order valence-electron chi connectivity index (χ2n) is 5.44. The lowest BCUT2D eigenvalue weighted by atomic mass is 10.00. The summed E-state index contributed by atoms with van der Waals surface area (Å²) >= 11 is 0. The molecule has 108 valence electrons. The number of carbonyl (C=O) groups is 1. The molecule has 0 heterocycles. The summed E-state index contributed by atoms with van der Waals surface area (Å²) in [4.78, 5) is 11.8. The number of nitrogens with one attached hydrogen (secondary N) is 1. The third-order valence-corrected chi connectivity index (χ3v) is 3.60. The summed E-state index contributed by atoms with van der Waals surface area (Å²) in [5.74, 6) is 0.731. The van der Waals surface area contributed by atoms with Crippen molar-refractivity contribution in [2.75, 3.05) is 13.2 Å². The predicted molar refractivity (Wildman–Crippen MR) is 81.0 cm³/mol. The van der Waals surface area contributed by atoms with Crippen molar-refractivity contribution in [1.29, 1.82) is 0 Å². The quantitative estimate of drug-likeness (QED) is 0.836. The monoisotopic (exact) mass is 273 g/mol. The lowest BCUT2D eigenvalue weighted by Gasteiger charge is -2.14. The maximum Gasteiger partial charge on any atom is 0.258 e. The summed E-state index contributed by atoms with van der Waals surface area (Å²) < 4.78 is 5.59. The van der Waals surface area contributed by atoms with E-state index in [1.807, 2.05) is 32.0 Å². The van der Waals surface area contributed by atoms with Crippen molar-refractivity contribution in [2.24, 2.45) is 0 Å². The fraction of sp³-hybridized carbons (Fsp3) is 0.471. The Balaban J connectivity index is 1.77. The summed E-state index contributed by atoms with van der Waals surface area (Å²) in [6, 6.07) is 6.01. The standard InChI is InChI=1S/C17H23NO2/c1-13-8-9-14(2)16(10-13)20-12-17(19)18-11-15-6-4-3-5-7-15/h6,8-10H,3-5,7,11-12H2,1-2H3,(H,18,19). The van der Waals surface area contributed by atoms with E-state index >= 15 is 0 Å². The van der Waals surface area contributed by atoms with Crippen LogP contribution in [0.1, 0.15) is 36.8 Å². The summed E-state index contributed by atoms with van der Waals surface area (Å²) in [5, 5.41) is 2.92. The molecule has 1 aromatic rings. The van der Waals surface area contributed by atoms with Gasteiger partial charge in [0, 0.05) is 6.54 Å². The van der Waals surface area contributed by atoms with Crippen LogP contribution >= 0.6 is 0 Å². The van der Waals surface area contributed by atoms with E-state index in [9.17, 15) is 4.79 Å². The Labute approximate surface area is 121 Å². The number of ether oxygens (including phenoxy) is 1. The molecular weight excluding hydrogens is 250 g/mol. The molecule has 0 bridgehead atoms. The van der Waals surface area contributed by atoms with Crippen LogP contribution in [0.25, 0.3) is 0 Å². The van der Waals surface area contributed by atoms with Gasteiger partial charge in [-0.25, -0.2) is 0 Å². The molecule has 1 aliphatic carbocycles. The molecule has 3 nitrogen and oxygen atoms in total. The molecule has 0 radical (unpaired) electrons. The minimum atomic E-state index is -0.0580. The van der Waals surface area contributed by atoms with Crippen molar-refractivity contribution < 1.29 is 9.53 Å². The van der Waals surface area contributed by atoms with Crippen LogP contribution in [-0.2, 0) is 4.79 Å². The maximum absolute atomic E-state index is 11.8. The Morgan fingerprint density at radius 3 is 2.90 bits per heavy atom. The van der Waals surface area contributed by atoms with Crippen LogP contribution in [0.2, 0.25) is 0 Å². The molecule has 0 aliphatic heterocycles. The van der Waals surface area contributed by atoms with Gasteiger partial charge in [-0.2, -0.15) is 0 Å². The topological polar surface area (TPSA) is 38.3 Å². The van der Waals surface area contributed by atoms with E-state index in [1.54, 1.807) is 0 Å². The Hall–Kier alpha value is -1.77. The Bertz CT molecular complexity index is 506. The van der Waals surface area contributed by atoms with E-state index < -0.39 is 0 Å². The van der Waals surface area contributed by atoms with Gasteiger partial charge in [0.05, 0.1) is 0 Å². The predicted octanol–water partition coefficient (Wildman–Crippen LogP) is 3.30. The van der Waals surface area contributed by atoms with Crippen molar-refractivity contribution in [3.8, 4) is 5.75 Å². The van der Waals surface area contributed by atoms with E-state index in [-0.39, 0.29) is 12.5 Å². The average molecular weight is 273 g/mol. The fourth-order valence-corrected chi connectivity index (χ4v) is 2.33. The number of carbonyl (C=O) groups excluding carboxylic acids is 1. The normalized spacial score (nSPS) is 14.6. The molecule has 1 amide bonds. The smallest absolute Gasteiger partial charge is 0.258 e. The zero-order valence-electron chi connectivity index (χ0n) is 12.4. The van der Waals surface area contributed by atoms with Gasteiger partial charge in [0.15, 0.2) is 6.61 Å². The number of aryl methyl sites for hydroxylation is 2. The van der Waals surface area contributed by atoms with Gasteiger partial charge >= 0.3 is 0 Å². The van der Waals surface area contributed by atoms with Crippen LogP contribution in [0.3, 0.4) is 0 Å². The Morgan fingerprint density at radius 1 is 1.30 bits per heavy atom. The second kappa shape index (κ2) is 7.13. The molecule has 0 unspecified atom stereocenters. The molecule has 0 atom stereocenters. The van der Waals surface area contributed by atoms with Crippen molar-refractivity contribution in [3.05, 3.63) is 41.0 Å². The van der Waals surface area contributed by atoms with E-state index in [2.05, 4.69) is 11.4 Å². The van der Waals surface area contributed by atoms with E-state index in [1.165, 1.54) is 18.4 Å². The van der Waals surface area contributed by atoms with Gasteiger partial charge in [0.2, 0.25) is 0 Å². The number of benzene rings is 1. The van der Waals surface area contributed by atoms with Gasteiger partial charge in [0.25, 0.3) is 5.91 Å². The van der Waals surface area contributed by atoms with Crippen LogP contribution in [0.5, 0.6) is 5.75 Å². The van der Waals surface area contributed by atoms with Gasteiger partial charge < -0.3 is 10.1 Å². The van der Waals surface area contributed by atoms with Crippen molar-refractivity contribution in [3.63, 3.8) is 0 Å². The SMILES string of the molecule is Cc1ccc(C)c(OCC(=O)NCC2=CCCCC2)c1. The van der Waals surface area contributed by atoms with Gasteiger partial charge in [-0.05, 0) is 56.7 Å². The number of rotatable bonds is 5. The fourth-order valence-electron chi connectivity index (χ4n) is 2.33. The van der Waals surface area contributed by atoms with E-state index in [0.29, 0.717) is 6.54 Å². The largest absolute Gasteiger partial charge is 0.483 e. The minimum absolute atomic E-state index is 0.0580. The van der Waals surface area contributed by atoms with Crippen molar-refractivity contribution in [2.45, 2.75) is 39.5 Å². The highest BCUT2D eigenvalue weighted by Crippen LogP contribution is 2.19. The number of allylic oxidation sites excluding steroid dienone is 1. The third kappa shape index (κ3) is 4.41. The van der Waals surface area contributed by atoms with Crippen LogP contribution in [-0.4, -0.2) is 19.1 Å². The highest BCUT2D eigenvalue weighted by atomic mass is 16.5. The van der Waals surface area contributed by atoms with E-state index in [4.69, 9.17) is 4.74 Å². The number of hydrogen-bond donors (Lipinski definition) is 1. The lowest BCUT2D eigenvalue weighted by Crippen LogP contribution is -2.30. The van der Waals surface area contributed by atoms with Crippen LogP contribution in [0.15, 0.2) is 29.8 Å². The minimum Gasteiger partial charge on any atom is -0.483 e. The molecular formula is C17H23NO2. The lowest BCUT2D eigenvalue weighted by molar-refractivity contribution is -0.122. The number of hydrogen-bond acceptors (Lipinski definition) is 2. The molecule has 2 rings (SSSR count). The zero-order valence-corrected chi connectivity index (χ0v) is 12.4. The first-order valence-electron chi connectivity index (χ1n) is 7.30. The van der Waals surface area contributed by atoms with Gasteiger partial charge in [-0.15, -0.1) is 0 Å². The van der Waals surface area contributed by atoms with Gasteiger partial charge in [-0.1, -0.05) is 23.8 Å². The summed E-state index contributed by atoms with van der Waals surface area (Å²) in [6.07, 6.45) is 7.01.